The Kier molecular flexibility index (Phi) is 7.62. The second kappa shape index (κ2) is 10.4. The lowest BCUT2D eigenvalue weighted by molar-refractivity contribution is -0.126. The van der Waals surface area contributed by atoms with Crippen LogP contribution in [-0.2, 0) is 11.3 Å². The quantitative estimate of drug-likeness (QED) is 0.694. The molecule has 1 aromatic carbocycles. The summed E-state index contributed by atoms with van der Waals surface area (Å²) in [6.07, 6.45) is 2.66. The Hall–Kier alpha value is -2.18. The molecule has 150 valence electrons. The van der Waals surface area contributed by atoms with Crippen molar-refractivity contribution >= 4 is 23.2 Å². The van der Waals surface area contributed by atoms with Crippen molar-refractivity contribution in [1.82, 2.24) is 15.1 Å². The van der Waals surface area contributed by atoms with E-state index in [9.17, 15) is 9.59 Å². The summed E-state index contributed by atoms with van der Waals surface area (Å²) < 4.78 is 0. The molecule has 28 heavy (non-hydrogen) atoms. The van der Waals surface area contributed by atoms with E-state index in [1.54, 1.807) is 0 Å². The van der Waals surface area contributed by atoms with Crippen molar-refractivity contribution in [3.8, 4) is 0 Å². The molecule has 0 saturated carbocycles. The first-order valence-corrected chi connectivity index (χ1v) is 10.8. The van der Waals surface area contributed by atoms with Gasteiger partial charge in [-0.2, -0.15) is 0 Å². The van der Waals surface area contributed by atoms with E-state index in [-0.39, 0.29) is 17.7 Å². The number of thiophene rings is 1. The Bertz CT molecular complexity index is 748. The van der Waals surface area contributed by atoms with Crippen LogP contribution in [0.4, 0.5) is 0 Å². The van der Waals surface area contributed by atoms with E-state index >= 15 is 0 Å². The molecular weight excluding hydrogens is 370 g/mol. The third kappa shape index (κ3) is 5.91. The molecule has 0 radical (unpaired) electrons. The SMILES string of the molecule is CN(CCCNC(=O)C1CCCN(C(=O)c2cccs2)C1)Cc1ccccc1. The summed E-state index contributed by atoms with van der Waals surface area (Å²) in [5.41, 5.74) is 1.30. The maximum absolute atomic E-state index is 12.5. The summed E-state index contributed by atoms with van der Waals surface area (Å²) in [5, 5.41) is 4.98. The molecule has 2 heterocycles. The molecule has 1 aliphatic heterocycles. The summed E-state index contributed by atoms with van der Waals surface area (Å²) in [6.45, 7) is 3.79. The Morgan fingerprint density at radius 1 is 1.21 bits per heavy atom. The smallest absolute Gasteiger partial charge is 0.263 e. The molecule has 0 aliphatic carbocycles. The Balaban J connectivity index is 1.37. The van der Waals surface area contributed by atoms with Crippen LogP contribution in [-0.4, -0.2) is 54.8 Å². The van der Waals surface area contributed by atoms with Crippen LogP contribution in [0.3, 0.4) is 0 Å². The molecule has 3 rings (SSSR count). The number of benzene rings is 1. The Morgan fingerprint density at radius 3 is 2.79 bits per heavy atom. The highest BCUT2D eigenvalue weighted by Crippen LogP contribution is 2.20. The van der Waals surface area contributed by atoms with E-state index in [4.69, 9.17) is 0 Å². The molecule has 1 aromatic heterocycles. The van der Waals surface area contributed by atoms with E-state index in [2.05, 4.69) is 41.5 Å². The number of amides is 2. The summed E-state index contributed by atoms with van der Waals surface area (Å²) in [5.74, 6) is 0.0316. The zero-order chi connectivity index (χ0) is 19.8. The first-order chi connectivity index (χ1) is 13.6. The molecule has 1 N–H and O–H groups in total. The summed E-state index contributed by atoms with van der Waals surface area (Å²) in [4.78, 5) is 29.9. The number of hydrogen-bond donors (Lipinski definition) is 1. The minimum atomic E-state index is -0.0975. The molecule has 1 saturated heterocycles. The number of hydrogen-bond acceptors (Lipinski definition) is 4. The Labute approximate surface area is 171 Å². The molecule has 1 atom stereocenters. The standard InChI is InChI=1S/C22H29N3O2S/c1-24(16-18-8-3-2-4-9-18)13-7-12-23-21(26)19-10-5-14-25(17-19)22(27)20-11-6-15-28-20/h2-4,6,8-9,11,15,19H,5,7,10,12-14,16-17H2,1H3,(H,23,26). The second-order valence-corrected chi connectivity index (χ2v) is 8.38. The normalized spacial score (nSPS) is 16.9. The first-order valence-electron chi connectivity index (χ1n) is 9.96. The summed E-state index contributed by atoms with van der Waals surface area (Å²) in [6, 6.07) is 14.1. The van der Waals surface area contributed by atoms with Crippen molar-refractivity contribution in [2.24, 2.45) is 5.92 Å². The maximum Gasteiger partial charge on any atom is 0.263 e. The van der Waals surface area contributed by atoms with Crippen molar-refractivity contribution in [3.05, 3.63) is 58.3 Å². The minimum Gasteiger partial charge on any atom is -0.356 e. The highest BCUT2D eigenvalue weighted by molar-refractivity contribution is 7.12. The van der Waals surface area contributed by atoms with Crippen LogP contribution in [0, 0.1) is 5.92 Å². The number of carbonyl (C=O) groups is 2. The van der Waals surface area contributed by atoms with Crippen LogP contribution in [0.5, 0.6) is 0 Å². The van der Waals surface area contributed by atoms with Gasteiger partial charge in [-0.3, -0.25) is 9.59 Å². The predicted molar refractivity (Wildman–Crippen MR) is 113 cm³/mol. The van der Waals surface area contributed by atoms with E-state index in [0.717, 1.165) is 43.8 Å². The molecule has 0 spiro atoms. The Morgan fingerprint density at radius 2 is 2.04 bits per heavy atom. The van der Waals surface area contributed by atoms with Crippen LogP contribution in [0.2, 0.25) is 0 Å². The molecule has 2 amide bonds. The van der Waals surface area contributed by atoms with Crippen molar-refractivity contribution in [3.63, 3.8) is 0 Å². The van der Waals surface area contributed by atoms with E-state index in [0.29, 0.717) is 13.1 Å². The largest absolute Gasteiger partial charge is 0.356 e. The number of nitrogens with zero attached hydrogens (tertiary/aromatic N) is 2. The van der Waals surface area contributed by atoms with E-state index in [1.165, 1.54) is 16.9 Å². The summed E-state index contributed by atoms with van der Waals surface area (Å²) in [7, 11) is 2.10. The van der Waals surface area contributed by atoms with Gasteiger partial charge in [-0.1, -0.05) is 36.4 Å². The molecule has 1 fully saturated rings. The zero-order valence-electron chi connectivity index (χ0n) is 16.5. The number of nitrogens with one attached hydrogen (secondary N) is 1. The number of carbonyl (C=O) groups excluding carboxylic acids is 2. The number of likely N-dealkylation sites (tertiary alicyclic amines) is 1. The van der Waals surface area contributed by atoms with Crippen molar-refractivity contribution in [2.75, 3.05) is 33.2 Å². The monoisotopic (exact) mass is 399 g/mol. The lowest BCUT2D eigenvalue weighted by Crippen LogP contribution is -2.45. The van der Waals surface area contributed by atoms with Crippen LogP contribution < -0.4 is 5.32 Å². The van der Waals surface area contributed by atoms with Gasteiger partial charge >= 0.3 is 0 Å². The molecule has 0 bridgehead atoms. The van der Waals surface area contributed by atoms with Crippen LogP contribution >= 0.6 is 11.3 Å². The van der Waals surface area contributed by atoms with Gasteiger partial charge in [0.2, 0.25) is 5.91 Å². The third-order valence-corrected chi connectivity index (χ3v) is 5.98. The van der Waals surface area contributed by atoms with Gasteiger partial charge in [-0.25, -0.2) is 0 Å². The molecular formula is C22H29N3O2S. The lowest BCUT2D eigenvalue weighted by atomic mass is 9.97. The van der Waals surface area contributed by atoms with Gasteiger partial charge in [0.15, 0.2) is 0 Å². The topological polar surface area (TPSA) is 52.7 Å². The van der Waals surface area contributed by atoms with Crippen LogP contribution in [0.25, 0.3) is 0 Å². The number of rotatable bonds is 8. The number of piperidine rings is 1. The van der Waals surface area contributed by atoms with Gasteiger partial charge in [0.25, 0.3) is 5.91 Å². The van der Waals surface area contributed by atoms with Crippen molar-refractivity contribution in [2.45, 2.75) is 25.8 Å². The highest BCUT2D eigenvalue weighted by Gasteiger charge is 2.29. The van der Waals surface area contributed by atoms with Crippen molar-refractivity contribution in [1.29, 1.82) is 0 Å². The maximum atomic E-state index is 12.5. The van der Waals surface area contributed by atoms with Crippen molar-refractivity contribution < 1.29 is 9.59 Å². The van der Waals surface area contributed by atoms with Gasteiger partial charge in [0, 0.05) is 26.2 Å². The van der Waals surface area contributed by atoms with Gasteiger partial charge in [0.1, 0.15) is 0 Å². The first kappa shape index (κ1) is 20.6. The van der Waals surface area contributed by atoms with E-state index in [1.807, 2.05) is 28.5 Å². The van der Waals surface area contributed by atoms with E-state index < -0.39 is 0 Å². The van der Waals surface area contributed by atoms with Gasteiger partial charge < -0.3 is 15.1 Å². The molecule has 1 aliphatic rings. The van der Waals surface area contributed by atoms with Gasteiger partial charge in [0.05, 0.1) is 10.8 Å². The molecule has 1 unspecified atom stereocenters. The fourth-order valence-electron chi connectivity index (χ4n) is 3.61. The van der Waals surface area contributed by atoms with Gasteiger partial charge in [-0.05, 0) is 49.9 Å². The van der Waals surface area contributed by atoms with Crippen LogP contribution in [0.15, 0.2) is 47.8 Å². The average molecular weight is 400 g/mol. The second-order valence-electron chi connectivity index (χ2n) is 7.44. The third-order valence-electron chi connectivity index (χ3n) is 5.12. The fourth-order valence-corrected chi connectivity index (χ4v) is 4.30. The summed E-state index contributed by atoms with van der Waals surface area (Å²) >= 11 is 1.46. The fraction of sp³-hybridized carbons (Fsp3) is 0.455. The highest BCUT2D eigenvalue weighted by atomic mass is 32.1. The zero-order valence-corrected chi connectivity index (χ0v) is 17.3. The van der Waals surface area contributed by atoms with Gasteiger partial charge in [-0.15, -0.1) is 11.3 Å². The average Bonchev–Trinajstić information content (AvgIpc) is 3.26. The predicted octanol–water partition coefficient (Wildman–Crippen LogP) is 3.24. The lowest BCUT2D eigenvalue weighted by Gasteiger charge is -2.31. The minimum absolute atomic E-state index is 0.0510. The molecule has 2 aromatic rings. The van der Waals surface area contributed by atoms with Crippen LogP contribution in [0.1, 0.15) is 34.5 Å². The molecule has 5 nitrogen and oxygen atoms in total. The molecule has 6 heteroatoms.